The summed E-state index contributed by atoms with van der Waals surface area (Å²) < 4.78 is 37.4. The van der Waals surface area contributed by atoms with Crippen LogP contribution in [0.4, 0.5) is 11.4 Å². The first kappa shape index (κ1) is 23.4. The number of benzene rings is 3. The molecule has 0 saturated heterocycles. The quantitative estimate of drug-likeness (QED) is 0.519. The van der Waals surface area contributed by atoms with Crippen LogP contribution < -0.4 is 19.1 Å². The first-order valence-corrected chi connectivity index (χ1v) is 11.4. The maximum atomic E-state index is 12.8. The SMILES string of the molecule is COc1ccc(NC(=O)COc2ccc(N(C)S(=O)(=O)c3ccc(C)cc3)cc2)cc1Cl. The van der Waals surface area contributed by atoms with Crippen LogP contribution in [-0.2, 0) is 14.8 Å². The molecule has 0 fully saturated rings. The number of methoxy groups -OCH3 is 1. The van der Waals surface area contributed by atoms with Gasteiger partial charge in [0.15, 0.2) is 6.61 Å². The lowest BCUT2D eigenvalue weighted by Crippen LogP contribution is -2.26. The van der Waals surface area contributed by atoms with E-state index in [0.29, 0.717) is 27.9 Å². The molecule has 3 aromatic rings. The standard InChI is InChI=1S/C23H23ClN2O5S/c1-16-4-11-20(12-5-16)32(28,29)26(2)18-7-9-19(10-8-18)31-15-23(27)25-17-6-13-22(30-3)21(24)14-17/h4-14H,15H2,1-3H3,(H,25,27). The van der Waals surface area contributed by atoms with Gasteiger partial charge < -0.3 is 14.8 Å². The van der Waals surface area contributed by atoms with Gasteiger partial charge >= 0.3 is 0 Å². The highest BCUT2D eigenvalue weighted by Crippen LogP contribution is 2.27. The minimum absolute atomic E-state index is 0.209. The van der Waals surface area contributed by atoms with Crippen LogP contribution in [-0.4, -0.2) is 35.1 Å². The highest BCUT2D eigenvalue weighted by atomic mass is 35.5. The second-order valence-corrected chi connectivity index (χ2v) is 9.34. The zero-order chi connectivity index (χ0) is 23.3. The normalized spacial score (nSPS) is 11.0. The molecule has 9 heteroatoms. The molecule has 1 N–H and O–H groups in total. The van der Waals surface area contributed by atoms with E-state index in [1.807, 2.05) is 6.92 Å². The number of aryl methyl sites for hydroxylation is 1. The van der Waals surface area contributed by atoms with Crippen LogP contribution in [0.3, 0.4) is 0 Å². The average Bonchev–Trinajstić information content (AvgIpc) is 2.78. The molecule has 0 atom stereocenters. The summed E-state index contributed by atoms with van der Waals surface area (Å²) in [5.74, 6) is 0.572. The number of amides is 1. The first-order chi connectivity index (χ1) is 15.2. The van der Waals surface area contributed by atoms with E-state index in [2.05, 4.69) is 5.32 Å². The monoisotopic (exact) mass is 474 g/mol. The number of anilines is 2. The van der Waals surface area contributed by atoms with Crippen molar-refractivity contribution in [3.63, 3.8) is 0 Å². The van der Waals surface area contributed by atoms with E-state index in [9.17, 15) is 13.2 Å². The number of nitrogens with one attached hydrogen (secondary N) is 1. The van der Waals surface area contributed by atoms with Crippen LogP contribution in [0.2, 0.25) is 5.02 Å². The van der Waals surface area contributed by atoms with E-state index in [4.69, 9.17) is 21.1 Å². The lowest BCUT2D eigenvalue weighted by molar-refractivity contribution is -0.118. The van der Waals surface area contributed by atoms with Crippen LogP contribution in [0.15, 0.2) is 71.6 Å². The van der Waals surface area contributed by atoms with Crippen molar-refractivity contribution in [1.82, 2.24) is 0 Å². The van der Waals surface area contributed by atoms with Gasteiger partial charge in [-0.05, 0) is 61.5 Å². The maximum Gasteiger partial charge on any atom is 0.264 e. The van der Waals surface area contributed by atoms with E-state index >= 15 is 0 Å². The molecule has 1 amide bonds. The average molecular weight is 475 g/mol. The van der Waals surface area contributed by atoms with Crippen LogP contribution in [0.5, 0.6) is 11.5 Å². The predicted octanol–water partition coefficient (Wildman–Crippen LogP) is 4.50. The van der Waals surface area contributed by atoms with Gasteiger partial charge in [0.2, 0.25) is 0 Å². The highest BCUT2D eigenvalue weighted by molar-refractivity contribution is 7.92. The molecule has 0 bridgehead atoms. The first-order valence-electron chi connectivity index (χ1n) is 9.62. The van der Waals surface area contributed by atoms with Gasteiger partial charge in [0.25, 0.3) is 15.9 Å². The summed E-state index contributed by atoms with van der Waals surface area (Å²) in [6.07, 6.45) is 0. The van der Waals surface area contributed by atoms with Gasteiger partial charge in [0.1, 0.15) is 11.5 Å². The zero-order valence-corrected chi connectivity index (χ0v) is 19.4. The third kappa shape index (κ3) is 5.52. The largest absolute Gasteiger partial charge is 0.495 e. The summed E-state index contributed by atoms with van der Waals surface area (Å²) >= 11 is 6.05. The van der Waals surface area contributed by atoms with Gasteiger partial charge in [-0.15, -0.1) is 0 Å². The molecular weight excluding hydrogens is 452 g/mol. The maximum absolute atomic E-state index is 12.8. The number of hydrogen-bond acceptors (Lipinski definition) is 5. The van der Waals surface area contributed by atoms with Gasteiger partial charge in [-0.3, -0.25) is 9.10 Å². The summed E-state index contributed by atoms with van der Waals surface area (Å²) in [5.41, 5.74) is 1.96. The number of sulfonamides is 1. The molecule has 168 valence electrons. The summed E-state index contributed by atoms with van der Waals surface area (Å²) in [6.45, 7) is 1.67. The molecule has 7 nitrogen and oxygen atoms in total. The Morgan fingerprint density at radius 1 is 1.03 bits per heavy atom. The van der Waals surface area contributed by atoms with Crippen LogP contribution >= 0.6 is 11.6 Å². The molecule has 0 aliphatic rings. The van der Waals surface area contributed by atoms with Gasteiger partial charge in [-0.2, -0.15) is 0 Å². The molecule has 0 spiro atoms. The smallest absolute Gasteiger partial charge is 0.264 e. The number of ether oxygens (including phenoxy) is 2. The Bertz CT molecular complexity index is 1200. The van der Waals surface area contributed by atoms with Crippen molar-refractivity contribution < 1.29 is 22.7 Å². The Morgan fingerprint density at radius 3 is 2.28 bits per heavy atom. The van der Waals surface area contributed by atoms with Crippen molar-refractivity contribution in [2.75, 3.05) is 30.4 Å². The summed E-state index contributed by atoms with van der Waals surface area (Å²) in [4.78, 5) is 12.4. The van der Waals surface area contributed by atoms with Crippen molar-refractivity contribution >= 4 is 38.9 Å². The lowest BCUT2D eigenvalue weighted by Gasteiger charge is -2.20. The van der Waals surface area contributed by atoms with Crippen molar-refractivity contribution in [2.45, 2.75) is 11.8 Å². The topological polar surface area (TPSA) is 84.9 Å². The molecule has 0 aromatic heterocycles. The molecule has 0 unspecified atom stereocenters. The minimum Gasteiger partial charge on any atom is -0.495 e. The Morgan fingerprint density at radius 2 is 1.69 bits per heavy atom. The van der Waals surface area contributed by atoms with Gasteiger partial charge in [-0.25, -0.2) is 8.42 Å². The van der Waals surface area contributed by atoms with E-state index in [0.717, 1.165) is 5.56 Å². The van der Waals surface area contributed by atoms with Crippen LogP contribution in [0.25, 0.3) is 0 Å². The van der Waals surface area contributed by atoms with E-state index in [-0.39, 0.29) is 17.4 Å². The number of hydrogen-bond donors (Lipinski definition) is 1. The van der Waals surface area contributed by atoms with Crippen molar-refractivity contribution in [1.29, 1.82) is 0 Å². The number of halogens is 1. The second kappa shape index (κ2) is 9.93. The third-order valence-electron chi connectivity index (χ3n) is 4.69. The fourth-order valence-electron chi connectivity index (χ4n) is 2.85. The zero-order valence-electron chi connectivity index (χ0n) is 17.8. The van der Waals surface area contributed by atoms with Crippen molar-refractivity contribution in [3.05, 3.63) is 77.3 Å². The molecule has 0 saturated carbocycles. The fourth-order valence-corrected chi connectivity index (χ4v) is 4.30. The molecule has 32 heavy (non-hydrogen) atoms. The molecule has 3 aromatic carbocycles. The lowest BCUT2D eigenvalue weighted by atomic mass is 10.2. The molecule has 3 rings (SSSR count). The Hall–Kier alpha value is -3.23. The summed E-state index contributed by atoms with van der Waals surface area (Å²) in [7, 11) is -0.689. The summed E-state index contributed by atoms with van der Waals surface area (Å²) in [6, 6.07) is 18.0. The van der Waals surface area contributed by atoms with E-state index < -0.39 is 10.0 Å². The number of carbonyl (C=O) groups is 1. The number of carbonyl (C=O) groups excluding carboxylic acids is 1. The van der Waals surface area contributed by atoms with E-state index in [1.165, 1.54) is 18.5 Å². The Balaban J connectivity index is 1.60. The number of nitrogens with zero attached hydrogens (tertiary/aromatic N) is 1. The molecular formula is C23H23ClN2O5S. The van der Waals surface area contributed by atoms with E-state index in [1.54, 1.807) is 66.7 Å². The van der Waals surface area contributed by atoms with Crippen LogP contribution in [0.1, 0.15) is 5.56 Å². The van der Waals surface area contributed by atoms with Gasteiger partial charge in [0.05, 0.1) is 22.7 Å². The van der Waals surface area contributed by atoms with Crippen molar-refractivity contribution in [3.8, 4) is 11.5 Å². The Labute approximate surface area is 192 Å². The number of rotatable bonds is 8. The van der Waals surface area contributed by atoms with Crippen molar-refractivity contribution in [2.24, 2.45) is 0 Å². The third-order valence-corrected chi connectivity index (χ3v) is 6.78. The highest BCUT2D eigenvalue weighted by Gasteiger charge is 2.21. The second-order valence-electron chi connectivity index (χ2n) is 6.97. The molecule has 0 heterocycles. The van der Waals surface area contributed by atoms with Gasteiger partial charge in [-0.1, -0.05) is 29.3 Å². The molecule has 0 aliphatic carbocycles. The van der Waals surface area contributed by atoms with Crippen LogP contribution in [0, 0.1) is 6.92 Å². The molecule has 0 radical (unpaired) electrons. The minimum atomic E-state index is -3.68. The fraction of sp³-hybridized carbons (Fsp3) is 0.174. The summed E-state index contributed by atoms with van der Waals surface area (Å²) in [5, 5.41) is 3.07. The Kier molecular flexibility index (Phi) is 7.27. The molecule has 0 aliphatic heterocycles. The predicted molar refractivity (Wildman–Crippen MR) is 125 cm³/mol. The van der Waals surface area contributed by atoms with Gasteiger partial charge in [0, 0.05) is 12.7 Å².